The third kappa shape index (κ3) is 5.68. The molecule has 0 aliphatic rings. The second kappa shape index (κ2) is 7.43. The van der Waals surface area contributed by atoms with Gasteiger partial charge in [-0.1, -0.05) is 12.1 Å². The van der Waals surface area contributed by atoms with Crippen molar-refractivity contribution in [1.29, 1.82) is 0 Å². The number of hydrogen-bond acceptors (Lipinski definition) is 4. The molecule has 8 heteroatoms. The first-order valence-electron chi connectivity index (χ1n) is 7.07. The van der Waals surface area contributed by atoms with E-state index in [1.54, 1.807) is 6.07 Å². The van der Waals surface area contributed by atoms with Crippen LogP contribution in [0.4, 0.5) is 14.5 Å². The maximum Gasteiger partial charge on any atom is 0.229 e. The molecule has 25 heavy (non-hydrogen) atoms. The number of rotatable bonds is 6. The molecule has 0 unspecified atom stereocenters. The lowest BCUT2D eigenvalue weighted by atomic mass is 10.1. The molecule has 2 aromatic rings. The number of halogens is 2. The highest BCUT2D eigenvalue weighted by molar-refractivity contribution is 7.92. The number of carbonyl (C=O) groups is 1. The molecule has 0 aromatic heterocycles. The second-order valence-electron chi connectivity index (χ2n) is 5.25. The molecule has 0 saturated carbocycles. The number of ketones is 1. The van der Waals surface area contributed by atoms with E-state index in [0.29, 0.717) is 11.6 Å². The highest BCUT2D eigenvalue weighted by Crippen LogP contribution is 2.33. The Morgan fingerprint density at radius 3 is 2.44 bits per heavy atom. The molecule has 0 radical (unpaired) electrons. The van der Waals surface area contributed by atoms with E-state index in [9.17, 15) is 22.0 Å². The Balaban J connectivity index is 2.45. The first-order chi connectivity index (χ1) is 11.6. The van der Waals surface area contributed by atoms with Gasteiger partial charge in [-0.05, 0) is 42.8 Å². The van der Waals surface area contributed by atoms with Crippen LogP contribution in [0.15, 0.2) is 42.5 Å². The minimum absolute atomic E-state index is 0.00151. The number of benzene rings is 2. The van der Waals surface area contributed by atoms with Crippen LogP contribution in [0.1, 0.15) is 12.5 Å². The Hall–Kier alpha value is -2.74. The van der Waals surface area contributed by atoms with Crippen LogP contribution in [0, 0.1) is 11.6 Å². The molecule has 0 aliphatic heterocycles. The molecule has 5 nitrogen and oxygen atoms in total. The largest absolute Gasteiger partial charge is 0.452 e. The molecule has 0 amide bonds. The summed E-state index contributed by atoms with van der Waals surface area (Å²) in [7, 11) is -3.60. The van der Waals surface area contributed by atoms with Crippen LogP contribution in [0.2, 0.25) is 0 Å². The van der Waals surface area contributed by atoms with Crippen molar-refractivity contribution in [3.63, 3.8) is 0 Å². The Bertz CT molecular complexity index is 940. The molecule has 0 bridgehead atoms. The van der Waals surface area contributed by atoms with Gasteiger partial charge >= 0.3 is 0 Å². The van der Waals surface area contributed by atoms with Crippen LogP contribution in [0.5, 0.6) is 11.5 Å². The predicted molar refractivity (Wildman–Crippen MR) is 91.1 cm³/mol. The van der Waals surface area contributed by atoms with Gasteiger partial charge in [0.15, 0.2) is 23.1 Å². The van der Waals surface area contributed by atoms with Gasteiger partial charge in [-0.15, -0.1) is 0 Å². The number of ether oxygens (including phenoxy) is 1. The lowest BCUT2D eigenvalue weighted by Crippen LogP contribution is -2.10. The Kier molecular flexibility index (Phi) is 5.53. The zero-order valence-corrected chi connectivity index (χ0v) is 14.2. The highest BCUT2D eigenvalue weighted by atomic mass is 32.2. The van der Waals surface area contributed by atoms with Gasteiger partial charge in [0, 0.05) is 6.07 Å². The molecule has 0 atom stereocenters. The van der Waals surface area contributed by atoms with E-state index >= 15 is 0 Å². The molecule has 0 fully saturated rings. The number of nitrogens with one attached hydrogen (secondary N) is 1. The van der Waals surface area contributed by atoms with Crippen molar-refractivity contribution < 1.29 is 26.7 Å². The van der Waals surface area contributed by atoms with Gasteiger partial charge in [-0.3, -0.25) is 9.52 Å². The fraction of sp³-hybridized carbons (Fsp3) is 0.118. The quantitative estimate of drug-likeness (QED) is 0.790. The predicted octanol–water partition coefficient (Wildman–Crippen LogP) is 3.73. The number of hydrogen-bond donors (Lipinski definition) is 1. The molecule has 0 spiro atoms. The van der Waals surface area contributed by atoms with Crippen molar-refractivity contribution in [3.8, 4) is 11.5 Å². The first-order valence-corrected chi connectivity index (χ1v) is 8.96. The zero-order valence-electron chi connectivity index (χ0n) is 13.4. The van der Waals surface area contributed by atoms with E-state index < -0.39 is 21.7 Å². The maximum absolute atomic E-state index is 13.8. The summed E-state index contributed by atoms with van der Waals surface area (Å²) in [5.74, 6) is -2.15. The summed E-state index contributed by atoms with van der Waals surface area (Å²) in [6, 6.07) is 7.15. The highest BCUT2D eigenvalue weighted by Gasteiger charge is 2.13. The van der Waals surface area contributed by atoms with Gasteiger partial charge in [0.2, 0.25) is 10.0 Å². The number of carbonyl (C=O) groups excluding carboxylic acids is 1. The third-order valence-corrected chi connectivity index (χ3v) is 3.52. The van der Waals surface area contributed by atoms with E-state index in [0.717, 1.165) is 18.4 Å². The van der Waals surface area contributed by atoms with Crippen molar-refractivity contribution in [2.24, 2.45) is 0 Å². The van der Waals surface area contributed by atoms with Crippen molar-refractivity contribution in [1.82, 2.24) is 0 Å². The Labute approximate surface area is 144 Å². The molecule has 132 valence electrons. The van der Waals surface area contributed by atoms with Gasteiger partial charge in [0.1, 0.15) is 5.82 Å². The maximum atomic E-state index is 13.8. The fourth-order valence-corrected chi connectivity index (χ4v) is 2.47. The fourth-order valence-electron chi connectivity index (χ4n) is 1.90. The number of sulfonamides is 1. The molecular formula is C17H15F2NO4S. The smallest absolute Gasteiger partial charge is 0.229 e. The van der Waals surface area contributed by atoms with Gasteiger partial charge in [0.05, 0.1) is 11.9 Å². The normalized spacial score (nSPS) is 11.5. The average molecular weight is 367 g/mol. The molecule has 0 aliphatic carbocycles. The van der Waals surface area contributed by atoms with E-state index in [1.165, 1.54) is 31.2 Å². The Morgan fingerprint density at radius 1 is 1.12 bits per heavy atom. The van der Waals surface area contributed by atoms with E-state index in [-0.39, 0.29) is 23.0 Å². The van der Waals surface area contributed by atoms with Gasteiger partial charge in [0.25, 0.3) is 0 Å². The van der Waals surface area contributed by atoms with Crippen LogP contribution < -0.4 is 9.46 Å². The molecule has 2 aromatic carbocycles. The summed E-state index contributed by atoms with van der Waals surface area (Å²) in [6.45, 7) is 1.38. The van der Waals surface area contributed by atoms with Crippen molar-refractivity contribution in [2.75, 3.05) is 11.0 Å². The summed E-state index contributed by atoms with van der Waals surface area (Å²) in [6.07, 6.45) is 3.78. The molecule has 2 rings (SSSR count). The zero-order chi connectivity index (χ0) is 18.6. The third-order valence-electron chi connectivity index (χ3n) is 2.93. The monoisotopic (exact) mass is 367 g/mol. The van der Waals surface area contributed by atoms with Crippen LogP contribution in [-0.4, -0.2) is 20.5 Å². The van der Waals surface area contributed by atoms with Crippen molar-refractivity contribution in [2.45, 2.75) is 6.92 Å². The minimum Gasteiger partial charge on any atom is -0.452 e. The number of allylic oxidation sites excluding steroid dienone is 1. The van der Waals surface area contributed by atoms with Crippen LogP contribution in [0.3, 0.4) is 0 Å². The minimum atomic E-state index is -3.60. The number of anilines is 1. The lowest BCUT2D eigenvalue weighted by molar-refractivity contribution is -0.112. The summed E-state index contributed by atoms with van der Waals surface area (Å²) in [5, 5.41) is 0. The van der Waals surface area contributed by atoms with Crippen molar-refractivity contribution >= 4 is 27.6 Å². The topological polar surface area (TPSA) is 72.5 Å². The van der Waals surface area contributed by atoms with E-state index in [4.69, 9.17) is 4.74 Å². The van der Waals surface area contributed by atoms with Crippen LogP contribution in [0.25, 0.3) is 6.08 Å². The van der Waals surface area contributed by atoms with Gasteiger partial charge in [-0.25, -0.2) is 17.2 Å². The SMILES string of the molecule is CC(=O)/C=C/c1ccc(NS(C)(=O)=O)c(Oc2ccc(F)cc2F)c1. The Morgan fingerprint density at radius 2 is 1.84 bits per heavy atom. The van der Waals surface area contributed by atoms with Crippen LogP contribution in [-0.2, 0) is 14.8 Å². The summed E-state index contributed by atoms with van der Waals surface area (Å²) >= 11 is 0. The van der Waals surface area contributed by atoms with Crippen molar-refractivity contribution in [3.05, 3.63) is 59.7 Å². The first kappa shape index (κ1) is 18.6. The lowest BCUT2D eigenvalue weighted by Gasteiger charge is -2.13. The van der Waals surface area contributed by atoms with E-state index in [2.05, 4.69) is 4.72 Å². The molecule has 0 saturated heterocycles. The molecular weight excluding hydrogens is 352 g/mol. The van der Waals surface area contributed by atoms with Crippen LogP contribution >= 0.6 is 0 Å². The summed E-state index contributed by atoms with van der Waals surface area (Å²) < 4.78 is 57.4. The van der Waals surface area contributed by atoms with Gasteiger partial charge in [-0.2, -0.15) is 0 Å². The second-order valence-corrected chi connectivity index (χ2v) is 7.00. The summed E-state index contributed by atoms with van der Waals surface area (Å²) in [5.41, 5.74) is 0.609. The molecule has 0 heterocycles. The standard InChI is InChI=1S/C17H15F2NO4S/c1-11(21)3-4-12-5-7-15(20-25(2,22)23)17(9-12)24-16-8-6-13(18)10-14(16)19/h3-10,20H,1-2H3/b4-3+. The summed E-state index contributed by atoms with van der Waals surface area (Å²) in [4.78, 5) is 11.0. The van der Waals surface area contributed by atoms with E-state index in [1.807, 2.05) is 0 Å². The molecule has 1 N–H and O–H groups in total. The average Bonchev–Trinajstić information content (AvgIpc) is 2.48. The van der Waals surface area contributed by atoms with Gasteiger partial charge < -0.3 is 4.74 Å².